The monoisotopic (exact) mass is 239 g/mol. The number of nitrogens with one attached hydrogen (secondary N) is 1. The summed E-state index contributed by atoms with van der Waals surface area (Å²) in [4.78, 5) is 11.3. The number of hydrogen-bond acceptors (Lipinski definition) is 4. The molecule has 1 atom stereocenters. The standard InChI is InChI=1S/C12H17NO4/c1-4-13-12(14)17-11(16-3)9-6-5-7-10(8-9)15-2/h5-8,11H,4H2,1-3H3,(H,13,14). The quantitative estimate of drug-likeness (QED) is 0.799. The highest BCUT2D eigenvalue weighted by Gasteiger charge is 2.15. The predicted octanol–water partition coefficient (Wildman–Crippen LogP) is 2.09. The largest absolute Gasteiger partial charge is 0.497 e. The summed E-state index contributed by atoms with van der Waals surface area (Å²) in [6.07, 6.45) is -1.25. The molecule has 1 rings (SSSR count). The zero-order chi connectivity index (χ0) is 12.7. The molecule has 0 bridgehead atoms. The third-order valence-electron chi connectivity index (χ3n) is 2.12. The van der Waals surface area contributed by atoms with Crippen molar-refractivity contribution in [2.24, 2.45) is 0 Å². The average Bonchev–Trinajstić information content (AvgIpc) is 2.36. The molecule has 0 aliphatic rings. The lowest BCUT2D eigenvalue weighted by molar-refractivity contribution is -0.0843. The highest BCUT2D eigenvalue weighted by Crippen LogP contribution is 2.22. The van der Waals surface area contributed by atoms with Crippen molar-refractivity contribution in [1.29, 1.82) is 0 Å². The second kappa shape index (κ2) is 6.75. The second-order valence-corrected chi connectivity index (χ2v) is 3.28. The van der Waals surface area contributed by atoms with E-state index in [1.165, 1.54) is 7.11 Å². The van der Waals surface area contributed by atoms with E-state index in [1.54, 1.807) is 25.3 Å². The fourth-order valence-corrected chi connectivity index (χ4v) is 1.32. The van der Waals surface area contributed by atoms with Gasteiger partial charge in [-0.3, -0.25) is 0 Å². The zero-order valence-corrected chi connectivity index (χ0v) is 10.2. The lowest BCUT2D eigenvalue weighted by Crippen LogP contribution is -2.26. The molecule has 94 valence electrons. The van der Waals surface area contributed by atoms with Crippen molar-refractivity contribution < 1.29 is 19.0 Å². The van der Waals surface area contributed by atoms with Gasteiger partial charge in [0.15, 0.2) is 0 Å². The Morgan fingerprint density at radius 2 is 2.18 bits per heavy atom. The number of amides is 1. The number of carbonyl (C=O) groups excluding carboxylic acids is 1. The van der Waals surface area contributed by atoms with Crippen LogP contribution in [0.25, 0.3) is 0 Å². The topological polar surface area (TPSA) is 56.8 Å². The van der Waals surface area contributed by atoms with E-state index in [0.717, 1.165) is 5.56 Å². The lowest BCUT2D eigenvalue weighted by Gasteiger charge is -2.17. The molecule has 0 heterocycles. The fourth-order valence-electron chi connectivity index (χ4n) is 1.32. The molecule has 1 amide bonds. The summed E-state index contributed by atoms with van der Waals surface area (Å²) in [5.74, 6) is 0.684. The minimum atomic E-state index is -0.739. The van der Waals surface area contributed by atoms with Crippen LogP contribution in [0.5, 0.6) is 5.75 Å². The fraction of sp³-hybridized carbons (Fsp3) is 0.417. The Balaban J connectivity index is 2.74. The first-order chi connectivity index (χ1) is 8.21. The number of ether oxygens (including phenoxy) is 3. The number of benzene rings is 1. The van der Waals surface area contributed by atoms with Gasteiger partial charge in [0, 0.05) is 19.2 Å². The van der Waals surface area contributed by atoms with Crippen molar-refractivity contribution >= 4 is 6.09 Å². The number of hydrogen-bond donors (Lipinski definition) is 1. The summed E-state index contributed by atoms with van der Waals surface area (Å²) in [5, 5.41) is 2.54. The summed E-state index contributed by atoms with van der Waals surface area (Å²) in [6, 6.07) is 7.17. The van der Waals surface area contributed by atoms with Gasteiger partial charge in [-0.05, 0) is 19.1 Å². The molecule has 1 aromatic rings. The van der Waals surface area contributed by atoms with Crippen LogP contribution in [-0.2, 0) is 9.47 Å². The van der Waals surface area contributed by atoms with Crippen molar-refractivity contribution in [2.45, 2.75) is 13.2 Å². The molecule has 0 aliphatic carbocycles. The molecular weight excluding hydrogens is 222 g/mol. The van der Waals surface area contributed by atoms with Gasteiger partial charge in [0.05, 0.1) is 7.11 Å². The van der Waals surface area contributed by atoms with E-state index in [9.17, 15) is 4.79 Å². The van der Waals surface area contributed by atoms with Crippen LogP contribution in [0.3, 0.4) is 0 Å². The number of rotatable bonds is 5. The van der Waals surface area contributed by atoms with Gasteiger partial charge in [-0.25, -0.2) is 4.79 Å². The molecular formula is C12H17NO4. The first-order valence-electron chi connectivity index (χ1n) is 5.32. The van der Waals surface area contributed by atoms with E-state index in [1.807, 2.05) is 13.0 Å². The van der Waals surface area contributed by atoms with Gasteiger partial charge in [-0.1, -0.05) is 12.1 Å². The summed E-state index contributed by atoms with van der Waals surface area (Å²) in [7, 11) is 3.05. The molecule has 1 unspecified atom stereocenters. The molecule has 0 fully saturated rings. The summed E-state index contributed by atoms with van der Waals surface area (Å²) in [6.45, 7) is 2.32. The Kier molecular flexibility index (Phi) is 5.29. The summed E-state index contributed by atoms with van der Waals surface area (Å²) in [5.41, 5.74) is 0.720. The second-order valence-electron chi connectivity index (χ2n) is 3.28. The van der Waals surface area contributed by atoms with Gasteiger partial charge in [0.25, 0.3) is 0 Å². The van der Waals surface area contributed by atoms with Gasteiger partial charge in [0.2, 0.25) is 6.29 Å². The van der Waals surface area contributed by atoms with Gasteiger partial charge < -0.3 is 19.5 Å². The van der Waals surface area contributed by atoms with Gasteiger partial charge in [-0.2, -0.15) is 0 Å². The molecule has 0 spiro atoms. The van der Waals surface area contributed by atoms with E-state index >= 15 is 0 Å². The van der Waals surface area contributed by atoms with E-state index < -0.39 is 12.4 Å². The first kappa shape index (κ1) is 13.3. The Bertz CT molecular complexity index is 367. The van der Waals surface area contributed by atoms with Crippen molar-refractivity contribution in [2.75, 3.05) is 20.8 Å². The molecule has 1 N–H and O–H groups in total. The first-order valence-corrected chi connectivity index (χ1v) is 5.32. The Hall–Kier alpha value is -1.75. The SMILES string of the molecule is CCNC(=O)OC(OC)c1cccc(OC)c1. The Morgan fingerprint density at radius 3 is 2.76 bits per heavy atom. The van der Waals surface area contributed by atoms with Crippen LogP contribution in [0.2, 0.25) is 0 Å². The third-order valence-corrected chi connectivity index (χ3v) is 2.12. The third kappa shape index (κ3) is 3.96. The van der Waals surface area contributed by atoms with Crippen LogP contribution in [0, 0.1) is 0 Å². The van der Waals surface area contributed by atoms with Gasteiger partial charge in [0.1, 0.15) is 5.75 Å². The summed E-state index contributed by atoms with van der Waals surface area (Å²) < 4.78 is 15.3. The van der Waals surface area contributed by atoms with Crippen molar-refractivity contribution in [3.05, 3.63) is 29.8 Å². The van der Waals surface area contributed by atoms with Crippen molar-refractivity contribution in [3.63, 3.8) is 0 Å². The van der Waals surface area contributed by atoms with Crippen molar-refractivity contribution in [1.82, 2.24) is 5.32 Å². The van der Waals surface area contributed by atoms with E-state index in [0.29, 0.717) is 12.3 Å². The average molecular weight is 239 g/mol. The maximum atomic E-state index is 11.3. The highest BCUT2D eigenvalue weighted by molar-refractivity contribution is 5.67. The Labute approximate surface area is 101 Å². The van der Waals surface area contributed by atoms with Gasteiger partial charge in [-0.15, -0.1) is 0 Å². The zero-order valence-electron chi connectivity index (χ0n) is 10.2. The van der Waals surface area contributed by atoms with E-state index in [2.05, 4.69) is 5.32 Å². The van der Waals surface area contributed by atoms with Crippen LogP contribution in [0.4, 0.5) is 4.79 Å². The molecule has 5 heteroatoms. The predicted molar refractivity (Wildman–Crippen MR) is 62.9 cm³/mol. The van der Waals surface area contributed by atoms with Crippen LogP contribution < -0.4 is 10.1 Å². The summed E-state index contributed by atoms with van der Waals surface area (Å²) >= 11 is 0. The smallest absolute Gasteiger partial charge is 0.409 e. The molecule has 0 aromatic heterocycles. The van der Waals surface area contributed by atoms with Crippen LogP contribution in [0.1, 0.15) is 18.8 Å². The molecule has 17 heavy (non-hydrogen) atoms. The van der Waals surface area contributed by atoms with E-state index in [-0.39, 0.29) is 0 Å². The van der Waals surface area contributed by atoms with Crippen LogP contribution >= 0.6 is 0 Å². The van der Waals surface area contributed by atoms with Crippen LogP contribution in [0.15, 0.2) is 24.3 Å². The normalized spacial score (nSPS) is 11.7. The molecule has 1 aromatic carbocycles. The number of alkyl carbamates (subject to hydrolysis) is 1. The minimum Gasteiger partial charge on any atom is -0.497 e. The number of carbonyl (C=O) groups is 1. The molecule has 0 radical (unpaired) electrons. The number of methoxy groups -OCH3 is 2. The van der Waals surface area contributed by atoms with Crippen molar-refractivity contribution in [3.8, 4) is 5.75 Å². The highest BCUT2D eigenvalue weighted by atomic mass is 16.7. The van der Waals surface area contributed by atoms with Gasteiger partial charge >= 0.3 is 6.09 Å². The minimum absolute atomic E-state index is 0.507. The molecule has 0 aliphatic heterocycles. The maximum absolute atomic E-state index is 11.3. The molecule has 0 saturated heterocycles. The van der Waals surface area contributed by atoms with E-state index in [4.69, 9.17) is 14.2 Å². The lowest BCUT2D eigenvalue weighted by atomic mass is 10.2. The molecule has 5 nitrogen and oxygen atoms in total. The molecule has 0 saturated carbocycles. The van der Waals surface area contributed by atoms with Crippen LogP contribution in [-0.4, -0.2) is 26.9 Å². The Morgan fingerprint density at radius 1 is 1.41 bits per heavy atom. The maximum Gasteiger partial charge on any atom is 0.409 e.